The van der Waals surface area contributed by atoms with E-state index >= 15 is 0 Å². The molecule has 8 nitrogen and oxygen atoms in total. The fourth-order valence-electron chi connectivity index (χ4n) is 3.15. The minimum atomic E-state index is -0.516. The van der Waals surface area contributed by atoms with Crippen LogP contribution in [0.3, 0.4) is 0 Å². The quantitative estimate of drug-likeness (QED) is 0.269. The fourth-order valence-corrected chi connectivity index (χ4v) is 3.65. The van der Waals surface area contributed by atoms with Crippen molar-refractivity contribution in [3.05, 3.63) is 55.3 Å². The number of aryl methyl sites for hydroxylation is 1. The number of amides is 1. The number of rotatable bonds is 4. The van der Waals surface area contributed by atoms with E-state index in [0.717, 1.165) is 41.6 Å². The van der Waals surface area contributed by atoms with Gasteiger partial charge in [-0.1, -0.05) is 0 Å². The monoisotopic (exact) mass is 525 g/mol. The van der Waals surface area contributed by atoms with Gasteiger partial charge < -0.3 is 10.2 Å². The molecule has 29 heavy (non-hydrogen) atoms. The van der Waals surface area contributed by atoms with Crippen molar-refractivity contribution in [1.82, 2.24) is 10.3 Å². The Bertz CT molecular complexity index is 963. The van der Waals surface area contributed by atoms with E-state index in [1.54, 1.807) is 18.2 Å². The molecule has 0 saturated carbocycles. The average Bonchev–Trinajstić information content (AvgIpc) is 2.70. The Balaban J connectivity index is 1.72. The van der Waals surface area contributed by atoms with Crippen molar-refractivity contribution in [2.45, 2.75) is 26.2 Å². The van der Waals surface area contributed by atoms with Crippen molar-refractivity contribution in [3.8, 4) is 0 Å². The van der Waals surface area contributed by atoms with Gasteiger partial charge in [-0.2, -0.15) is 0 Å². The van der Waals surface area contributed by atoms with Gasteiger partial charge in [-0.25, -0.2) is 4.98 Å². The van der Waals surface area contributed by atoms with Gasteiger partial charge in [0.15, 0.2) is 5.11 Å². The van der Waals surface area contributed by atoms with Crippen LogP contribution in [0.15, 0.2) is 30.3 Å². The van der Waals surface area contributed by atoms with E-state index in [0.29, 0.717) is 11.5 Å². The van der Waals surface area contributed by atoms with Crippen LogP contribution in [0.25, 0.3) is 0 Å². The zero-order valence-electron chi connectivity index (χ0n) is 15.8. The van der Waals surface area contributed by atoms with Crippen LogP contribution in [0, 0.1) is 20.6 Å². The molecule has 2 N–H and O–H groups in total. The lowest BCUT2D eigenvalue weighted by Crippen LogP contribution is -2.34. The van der Waals surface area contributed by atoms with Crippen molar-refractivity contribution < 1.29 is 9.72 Å². The number of pyridine rings is 1. The smallest absolute Gasteiger partial charge is 0.293 e. The lowest BCUT2D eigenvalue weighted by Gasteiger charge is -2.28. The third kappa shape index (κ3) is 5.38. The first-order chi connectivity index (χ1) is 13.8. The first-order valence-corrected chi connectivity index (χ1v) is 10.6. The molecule has 2 heterocycles. The van der Waals surface area contributed by atoms with E-state index < -0.39 is 10.8 Å². The molecule has 3 rings (SSSR count). The highest BCUT2D eigenvalue weighted by atomic mass is 127. The van der Waals surface area contributed by atoms with E-state index in [-0.39, 0.29) is 16.4 Å². The number of aromatic nitrogens is 1. The van der Waals surface area contributed by atoms with Crippen LogP contribution < -0.4 is 15.5 Å². The number of benzene rings is 1. The summed E-state index contributed by atoms with van der Waals surface area (Å²) in [6, 6.07) is 8.17. The SMILES string of the molecule is Cc1nc(NC(=S)NC(=O)c2ccc(N3CCCCC3)c([N+](=O)[O-])c2)ccc1I. The average molecular weight is 525 g/mol. The number of nitrogens with one attached hydrogen (secondary N) is 2. The first-order valence-electron chi connectivity index (χ1n) is 9.14. The molecule has 1 amide bonds. The summed E-state index contributed by atoms with van der Waals surface area (Å²) >= 11 is 7.35. The topological polar surface area (TPSA) is 100 Å². The number of halogens is 1. The van der Waals surface area contributed by atoms with Crippen molar-refractivity contribution in [2.24, 2.45) is 0 Å². The van der Waals surface area contributed by atoms with Crippen LogP contribution in [-0.2, 0) is 0 Å². The number of hydrogen-bond donors (Lipinski definition) is 2. The van der Waals surface area contributed by atoms with Gasteiger partial charge >= 0.3 is 0 Å². The molecule has 0 radical (unpaired) electrons. The molecule has 1 aliphatic rings. The molecule has 1 fully saturated rings. The molecule has 152 valence electrons. The Morgan fingerprint density at radius 2 is 1.97 bits per heavy atom. The minimum absolute atomic E-state index is 0.0749. The number of nitro groups is 1. The number of carbonyl (C=O) groups is 1. The summed E-state index contributed by atoms with van der Waals surface area (Å²) < 4.78 is 1.02. The standard InChI is InChI=1S/C19H20IN5O3S/c1-12-14(20)6-8-17(21-12)22-19(29)23-18(26)13-5-7-15(16(11-13)25(27)28)24-9-3-2-4-10-24/h5-8,11H,2-4,9-10H2,1H3,(H2,21,22,23,26,29). The Kier molecular flexibility index (Phi) is 6.96. The minimum Gasteiger partial charge on any atom is -0.366 e. The summed E-state index contributed by atoms with van der Waals surface area (Å²) in [7, 11) is 0. The Morgan fingerprint density at radius 1 is 1.24 bits per heavy atom. The van der Waals surface area contributed by atoms with E-state index in [2.05, 4.69) is 38.2 Å². The summed E-state index contributed by atoms with van der Waals surface area (Å²) in [6.45, 7) is 3.43. The molecule has 1 aromatic carbocycles. The molecular formula is C19H20IN5O3S. The zero-order valence-corrected chi connectivity index (χ0v) is 18.7. The predicted molar refractivity (Wildman–Crippen MR) is 125 cm³/mol. The highest BCUT2D eigenvalue weighted by Crippen LogP contribution is 2.31. The largest absolute Gasteiger partial charge is 0.366 e. The molecule has 10 heteroatoms. The molecule has 1 aliphatic heterocycles. The van der Waals surface area contributed by atoms with Crippen molar-refractivity contribution in [3.63, 3.8) is 0 Å². The molecule has 0 unspecified atom stereocenters. The van der Waals surface area contributed by atoms with Gasteiger partial charge in [0.2, 0.25) is 0 Å². The number of thiocarbonyl (C=S) groups is 1. The molecule has 2 aromatic rings. The van der Waals surface area contributed by atoms with Crippen LogP contribution in [0.1, 0.15) is 35.3 Å². The first kappa shape index (κ1) is 21.4. The van der Waals surface area contributed by atoms with Crippen LogP contribution in [0.5, 0.6) is 0 Å². The number of nitro benzene ring substituents is 1. The van der Waals surface area contributed by atoms with E-state index in [9.17, 15) is 14.9 Å². The molecule has 0 aliphatic carbocycles. The highest BCUT2D eigenvalue weighted by molar-refractivity contribution is 14.1. The molecule has 0 spiro atoms. The van der Waals surface area contributed by atoms with Gasteiger partial charge in [0.25, 0.3) is 11.6 Å². The normalized spacial score (nSPS) is 13.7. The summed E-state index contributed by atoms with van der Waals surface area (Å²) in [5, 5.41) is 17.0. The van der Waals surface area contributed by atoms with Gasteiger partial charge in [0.1, 0.15) is 11.5 Å². The Labute approximate surface area is 187 Å². The second kappa shape index (κ2) is 9.44. The summed E-state index contributed by atoms with van der Waals surface area (Å²) in [5.41, 5.74) is 1.49. The molecule has 1 aromatic heterocycles. The van der Waals surface area contributed by atoms with Gasteiger partial charge in [0, 0.05) is 28.3 Å². The van der Waals surface area contributed by atoms with Crippen LogP contribution >= 0.6 is 34.8 Å². The maximum absolute atomic E-state index is 12.5. The molecule has 0 bridgehead atoms. The van der Waals surface area contributed by atoms with E-state index in [1.165, 1.54) is 6.07 Å². The van der Waals surface area contributed by atoms with Crippen molar-refractivity contribution in [1.29, 1.82) is 0 Å². The fraction of sp³-hybridized carbons (Fsp3) is 0.316. The summed E-state index contributed by atoms with van der Waals surface area (Å²) in [4.78, 5) is 30.0. The van der Waals surface area contributed by atoms with Crippen LogP contribution in [0.2, 0.25) is 0 Å². The summed E-state index contributed by atoms with van der Waals surface area (Å²) in [5.74, 6) is -0.00216. The number of carbonyl (C=O) groups excluding carboxylic acids is 1. The molecule has 0 atom stereocenters. The zero-order chi connectivity index (χ0) is 21.0. The number of anilines is 2. The number of piperidine rings is 1. The predicted octanol–water partition coefficient (Wildman–Crippen LogP) is 4.02. The van der Waals surface area contributed by atoms with Gasteiger partial charge in [-0.05, 0) is 85.3 Å². The van der Waals surface area contributed by atoms with Crippen LogP contribution in [0.4, 0.5) is 17.2 Å². The van der Waals surface area contributed by atoms with E-state index in [4.69, 9.17) is 12.2 Å². The third-order valence-corrected chi connectivity index (χ3v) is 5.97. The third-order valence-electron chi connectivity index (χ3n) is 4.62. The maximum Gasteiger partial charge on any atom is 0.293 e. The van der Waals surface area contributed by atoms with Crippen molar-refractivity contribution in [2.75, 3.05) is 23.3 Å². The summed E-state index contributed by atoms with van der Waals surface area (Å²) in [6.07, 6.45) is 3.14. The number of hydrogen-bond acceptors (Lipinski definition) is 6. The van der Waals surface area contributed by atoms with E-state index in [1.807, 2.05) is 17.9 Å². The Hall–Kier alpha value is -2.34. The maximum atomic E-state index is 12.5. The lowest BCUT2D eigenvalue weighted by atomic mass is 10.1. The molecular weight excluding hydrogens is 505 g/mol. The van der Waals surface area contributed by atoms with Gasteiger partial charge in [0.05, 0.1) is 10.6 Å². The van der Waals surface area contributed by atoms with Crippen LogP contribution in [-0.4, -0.2) is 34.0 Å². The number of nitrogens with zero attached hydrogens (tertiary/aromatic N) is 3. The van der Waals surface area contributed by atoms with Gasteiger partial charge in [-0.15, -0.1) is 0 Å². The molecule has 1 saturated heterocycles. The lowest BCUT2D eigenvalue weighted by molar-refractivity contribution is -0.384. The Morgan fingerprint density at radius 3 is 2.62 bits per heavy atom. The second-order valence-corrected chi connectivity index (χ2v) is 8.25. The second-order valence-electron chi connectivity index (χ2n) is 6.68. The van der Waals surface area contributed by atoms with Gasteiger partial charge in [-0.3, -0.25) is 20.2 Å². The highest BCUT2D eigenvalue weighted by Gasteiger charge is 2.23. The van der Waals surface area contributed by atoms with Crippen molar-refractivity contribution >= 4 is 63.0 Å².